The van der Waals surface area contributed by atoms with Crippen molar-refractivity contribution in [2.75, 3.05) is 44.0 Å². The Labute approximate surface area is 167 Å². The minimum absolute atomic E-state index is 0.422. The summed E-state index contributed by atoms with van der Waals surface area (Å²) in [6.07, 6.45) is 0. The molecule has 0 radical (unpaired) electrons. The fourth-order valence-corrected chi connectivity index (χ4v) is 3.77. The Kier molecular flexibility index (Phi) is 5.07. The first-order valence-electron chi connectivity index (χ1n) is 8.98. The van der Waals surface area contributed by atoms with Crippen molar-refractivity contribution in [3.8, 4) is 11.1 Å². The van der Waals surface area contributed by atoms with E-state index in [0.717, 1.165) is 35.2 Å². The van der Waals surface area contributed by atoms with Gasteiger partial charge in [-0.3, -0.25) is 0 Å². The minimum atomic E-state index is -0.429. The minimum Gasteiger partial charge on any atom is -0.465 e. The molecule has 0 saturated carbocycles. The van der Waals surface area contributed by atoms with Crippen LogP contribution in [0.2, 0.25) is 5.02 Å². The summed E-state index contributed by atoms with van der Waals surface area (Å²) < 4.78 is 10.3. The molecule has 3 aromatic rings. The number of hydrogen-bond acceptors (Lipinski definition) is 6. The number of hydrogen-bond donors (Lipinski definition) is 1. The van der Waals surface area contributed by atoms with Gasteiger partial charge in [-0.15, -0.1) is 0 Å². The van der Waals surface area contributed by atoms with Crippen LogP contribution in [0.3, 0.4) is 0 Å². The van der Waals surface area contributed by atoms with Crippen LogP contribution >= 0.6 is 11.6 Å². The average Bonchev–Trinajstić information content (AvgIpc) is 2.73. The van der Waals surface area contributed by atoms with Crippen molar-refractivity contribution < 1.29 is 14.3 Å². The van der Waals surface area contributed by atoms with Gasteiger partial charge in [0, 0.05) is 29.1 Å². The van der Waals surface area contributed by atoms with Gasteiger partial charge in [-0.25, -0.2) is 9.78 Å². The number of esters is 1. The zero-order chi connectivity index (χ0) is 19.7. The normalized spacial score (nSPS) is 14.3. The zero-order valence-electron chi connectivity index (χ0n) is 15.4. The lowest BCUT2D eigenvalue weighted by molar-refractivity contribution is 0.0601. The number of ether oxygens (including phenoxy) is 2. The molecule has 1 aromatic heterocycles. The van der Waals surface area contributed by atoms with Crippen LogP contribution in [0.5, 0.6) is 0 Å². The number of carbonyl (C=O) groups excluding carboxylic acids is 1. The van der Waals surface area contributed by atoms with Crippen LogP contribution in [0.25, 0.3) is 22.0 Å². The molecule has 0 spiro atoms. The van der Waals surface area contributed by atoms with Crippen LogP contribution in [0.15, 0.2) is 42.5 Å². The molecular formula is C21H20ClN3O3. The molecule has 0 aliphatic carbocycles. The van der Waals surface area contributed by atoms with E-state index in [4.69, 9.17) is 26.8 Å². The largest absolute Gasteiger partial charge is 0.465 e. The molecular weight excluding hydrogens is 378 g/mol. The van der Waals surface area contributed by atoms with Crippen molar-refractivity contribution in [1.82, 2.24) is 4.98 Å². The summed E-state index contributed by atoms with van der Waals surface area (Å²) in [5.74, 6) is 0.0668. The smallest absolute Gasteiger partial charge is 0.338 e. The fourth-order valence-electron chi connectivity index (χ4n) is 3.49. The maximum atomic E-state index is 12.2. The van der Waals surface area contributed by atoms with Crippen LogP contribution in [-0.2, 0) is 9.47 Å². The van der Waals surface area contributed by atoms with Crippen molar-refractivity contribution in [2.24, 2.45) is 0 Å². The van der Waals surface area contributed by atoms with Crippen LogP contribution in [-0.4, -0.2) is 44.4 Å². The number of nitrogens with two attached hydrogens (primary N) is 1. The van der Waals surface area contributed by atoms with E-state index in [1.54, 1.807) is 18.2 Å². The molecule has 28 heavy (non-hydrogen) atoms. The lowest BCUT2D eigenvalue weighted by atomic mass is 9.98. The molecule has 1 fully saturated rings. The first-order valence-corrected chi connectivity index (χ1v) is 9.36. The lowest BCUT2D eigenvalue weighted by Crippen LogP contribution is -2.36. The summed E-state index contributed by atoms with van der Waals surface area (Å²) in [6.45, 7) is 2.88. The molecule has 0 bridgehead atoms. The number of pyridine rings is 1. The highest BCUT2D eigenvalue weighted by molar-refractivity contribution is 6.34. The predicted octanol–water partition coefficient (Wildman–Crippen LogP) is 3.76. The van der Waals surface area contributed by atoms with E-state index in [-0.39, 0.29) is 0 Å². The van der Waals surface area contributed by atoms with Gasteiger partial charge in [0.1, 0.15) is 5.82 Å². The molecule has 0 atom stereocenters. The second-order valence-electron chi connectivity index (χ2n) is 6.55. The van der Waals surface area contributed by atoms with Crippen LogP contribution in [0.1, 0.15) is 10.4 Å². The van der Waals surface area contributed by atoms with Gasteiger partial charge in [-0.2, -0.15) is 0 Å². The van der Waals surface area contributed by atoms with E-state index in [2.05, 4.69) is 9.88 Å². The maximum Gasteiger partial charge on any atom is 0.338 e. The van der Waals surface area contributed by atoms with Gasteiger partial charge in [0.2, 0.25) is 0 Å². The highest BCUT2D eigenvalue weighted by atomic mass is 35.5. The number of anilines is 2. The summed E-state index contributed by atoms with van der Waals surface area (Å²) in [7, 11) is 1.36. The standard InChI is InChI=1S/C21H20ClN3O3/c1-27-21(26)15-3-2-4-16(22)19(15)13-5-6-17-14(11-13)12-18(20(23)24-17)25-7-9-28-10-8-25/h2-6,11-12H,7-10H2,1H3,(H2,23,24). The van der Waals surface area contributed by atoms with Gasteiger partial charge in [0.25, 0.3) is 0 Å². The molecule has 144 valence electrons. The molecule has 6 nitrogen and oxygen atoms in total. The summed E-state index contributed by atoms with van der Waals surface area (Å²) in [5.41, 5.74) is 9.75. The number of methoxy groups -OCH3 is 1. The summed E-state index contributed by atoms with van der Waals surface area (Å²) >= 11 is 6.43. The second kappa shape index (κ2) is 7.66. The number of nitrogen functional groups attached to an aromatic ring is 1. The third-order valence-corrected chi connectivity index (χ3v) is 5.20. The Hall–Kier alpha value is -2.83. The first-order chi connectivity index (χ1) is 13.6. The van der Waals surface area contributed by atoms with Crippen molar-refractivity contribution in [3.63, 3.8) is 0 Å². The molecule has 0 amide bonds. The van der Waals surface area contributed by atoms with E-state index in [1.165, 1.54) is 7.11 Å². The van der Waals surface area contributed by atoms with Gasteiger partial charge >= 0.3 is 5.97 Å². The molecule has 7 heteroatoms. The topological polar surface area (TPSA) is 77.7 Å². The molecule has 4 rings (SSSR count). The van der Waals surface area contributed by atoms with Crippen molar-refractivity contribution in [1.29, 1.82) is 0 Å². The van der Waals surface area contributed by atoms with Gasteiger partial charge < -0.3 is 20.1 Å². The zero-order valence-corrected chi connectivity index (χ0v) is 16.2. The van der Waals surface area contributed by atoms with Crippen molar-refractivity contribution >= 4 is 40.0 Å². The Bertz CT molecular complexity index is 1050. The van der Waals surface area contributed by atoms with Gasteiger partial charge in [0.15, 0.2) is 0 Å². The number of fused-ring (bicyclic) bond motifs is 1. The lowest BCUT2D eigenvalue weighted by Gasteiger charge is -2.29. The molecule has 1 saturated heterocycles. The third kappa shape index (κ3) is 3.37. The number of carbonyl (C=O) groups is 1. The second-order valence-corrected chi connectivity index (χ2v) is 6.96. The number of rotatable bonds is 3. The molecule has 2 heterocycles. The molecule has 1 aliphatic heterocycles. The third-order valence-electron chi connectivity index (χ3n) is 4.88. The van der Waals surface area contributed by atoms with E-state index in [9.17, 15) is 4.79 Å². The monoisotopic (exact) mass is 397 g/mol. The van der Waals surface area contributed by atoms with E-state index >= 15 is 0 Å². The SMILES string of the molecule is COC(=O)c1cccc(Cl)c1-c1ccc2nc(N)c(N3CCOCC3)cc2c1. The fraction of sp³-hybridized carbons (Fsp3) is 0.238. The van der Waals surface area contributed by atoms with Gasteiger partial charge in [0.05, 0.1) is 37.1 Å². The van der Waals surface area contributed by atoms with Crippen LogP contribution in [0.4, 0.5) is 11.5 Å². The van der Waals surface area contributed by atoms with Crippen molar-refractivity contribution in [2.45, 2.75) is 0 Å². The number of nitrogens with zero attached hydrogens (tertiary/aromatic N) is 2. The number of benzene rings is 2. The summed E-state index contributed by atoms with van der Waals surface area (Å²) in [6, 6.07) is 13.0. The molecule has 2 N–H and O–H groups in total. The number of aromatic nitrogens is 1. The van der Waals surface area contributed by atoms with E-state index in [1.807, 2.05) is 24.3 Å². The van der Waals surface area contributed by atoms with Crippen LogP contribution in [0, 0.1) is 0 Å². The van der Waals surface area contributed by atoms with Crippen molar-refractivity contribution in [3.05, 3.63) is 53.1 Å². The quantitative estimate of drug-likeness (QED) is 0.678. The Morgan fingerprint density at radius 1 is 1.21 bits per heavy atom. The highest BCUT2D eigenvalue weighted by Crippen LogP contribution is 2.35. The summed E-state index contributed by atoms with van der Waals surface area (Å²) in [4.78, 5) is 18.9. The maximum absolute atomic E-state index is 12.2. The number of morpholine rings is 1. The van der Waals surface area contributed by atoms with E-state index in [0.29, 0.717) is 35.2 Å². The number of halogens is 1. The molecule has 1 aliphatic rings. The average molecular weight is 398 g/mol. The molecule has 2 aromatic carbocycles. The Morgan fingerprint density at radius 2 is 2.00 bits per heavy atom. The first kappa shape index (κ1) is 18.5. The van der Waals surface area contributed by atoms with Crippen LogP contribution < -0.4 is 10.6 Å². The Morgan fingerprint density at radius 3 is 2.75 bits per heavy atom. The summed E-state index contributed by atoms with van der Waals surface area (Å²) in [5, 5.41) is 1.41. The van der Waals surface area contributed by atoms with Gasteiger partial charge in [-0.1, -0.05) is 23.7 Å². The molecule has 0 unspecified atom stereocenters. The predicted molar refractivity (Wildman–Crippen MR) is 111 cm³/mol. The highest BCUT2D eigenvalue weighted by Gasteiger charge is 2.18. The Balaban J connectivity index is 1.84. The van der Waals surface area contributed by atoms with Gasteiger partial charge in [-0.05, 0) is 35.9 Å². The van der Waals surface area contributed by atoms with E-state index < -0.39 is 5.97 Å².